The molecule has 0 saturated heterocycles. The predicted molar refractivity (Wildman–Crippen MR) is 91.3 cm³/mol. The van der Waals surface area contributed by atoms with E-state index in [9.17, 15) is 0 Å². The Morgan fingerprint density at radius 2 is 1.90 bits per heavy atom. The molecule has 0 unspecified atom stereocenters. The summed E-state index contributed by atoms with van der Waals surface area (Å²) in [6.07, 6.45) is 2.08. The Labute approximate surface area is 131 Å². The van der Waals surface area contributed by atoms with E-state index in [0.717, 1.165) is 29.3 Å². The molecule has 2 aromatic rings. The number of nitrogen functional groups attached to an aromatic ring is 1. The van der Waals surface area contributed by atoms with Crippen LogP contribution in [0.25, 0.3) is 0 Å². The van der Waals surface area contributed by atoms with Gasteiger partial charge in [0.25, 0.3) is 0 Å². The molecule has 0 heterocycles. The molecular weight excluding hydrogens is 280 g/mol. The highest BCUT2D eigenvalue weighted by Gasteiger charge is 2.08. The monoisotopic (exact) mass is 302 g/mol. The predicted octanol–water partition coefficient (Wildman–Crippen LogP) is 4.15. The first-order valence-corrected chi connectivity index (χ1v) is 8.07. The number of benzene rings is 2. The summed E-state index contributed by atoms with van der Waals surface area (Å²) in [4.78, 5) is 3.37. The van der Waals surface area contributed by atoms with Crippen molar-refractivity contribution in [2.24, 2.45) is 0 Å². The molecular formula is C17H22N2OS. The molecule has 0 amide bonds. The van der Waals surface area contributed by atoms with Crippen LogP contribution in [0.4, 0.5) is 5.69 Å². The van der Waals surface area contributed by atoms with Crippen LogP contribution < -0.4 is 10.5 Å². The summed E-state index contributed by atoms with van der Waals surface area (Å²) >= 11 is 1.75. The number of rotatable bonds is 5. The molecule has 0 fully saturated rings. The van der Waals surface area contributed by atoms with Crippen molar-refractivity contribution in [2.75, 3.05) is 26.1 Å². The van der Waals surface area contributed by atoms with Crippen LogP contribution in [0.5, 0.6) is 11.5 Å². The van der Waals surface area contributed by atoms with E-state index in [-0.39, 0.29) is 0 Å². The average Bonchev–Trinajstić information content (AvgIpc) is 2.41. The topological polar surface area (TPSA) is 38.5 Å². The number of aryl methyl sites for hydroxylation is 1. The molecule has 0 saturated carbocycles. The van der Waals surface area contributed by atoms with Crippen molar-refractivity contribution in [1.82, 2.24) is 4.90 Å². The number of anilines is 1. The molecule has 0 aliphatic carbocycles. The number of nitrogens with zero attached hydrogens (tertiary/aromatic N) is 1. The molecule has 0 aliphatic rings. The molecule has 112 valence electrons. The van der Waals surface area contributed by atoms with E-state index in [1.54, 1.807) is 11.8 Å². The van der Waals surface area contributed by atoms with Crippen LogP contribution in [-0.4, -0.2) is 25.3 Å². The third-order valence-electron chi connectivity index (χ3n) is 3.17. The molecule has 2 rings (SSSR count). The van der Waals surface area contributed by atoms with Gasteiger partial charge < -0.3 is 15.4 Å². The molecule has 0 aliphatic heterocycles. The Kier molecular flexibility index (Phi) is 5.15. The molecule has 0 bridgehead atoms. The van der Waals surface area contributed by atoms with Crippen molar-refractivity contribution >= 4 is 17.4 Å². The number of nitrogens with two attached hydrogens (primary N) is 1. The second kappa shape index (κ2) is 6.87. The van der Waals surface area contributed by atoms with Crippen LogP contribution in [0, 0.1) is 6.92 Å². The molecule has 0 radical (unpaired) electrons. The van der Waals surface area contributed by atoms with Crippen LogP contribution in [0.15, 0.2) is 41.3 Å². The lowest BCUT2D eigenvalue weighted by molar-refractivity contribution is 0.388. The van der Waals surface area contributed by atoms with Crippen molar-refractivity contribution in [1.29, 1.82) is 0 Å². The Morgan fingerprint density at radius 1 is 1.14 bits per heavy atom. The number of hydrogen-bond acceptors (Lipinski definition) is 4. The fourth-order valence-corrected chi connectivity index (χ4v) is 2.79. The highest BCUT2D eigenvalue weighted by Crippen LogP contribution is 2.30. The van der Waals surface area contributed by atoms with Crippen molar-refractivity contribution in [3.8, 4) is 11.5 Å². The third-order valence-corrected chi connectivity index (χ3v) is 4.06. The molecule has 4 heteroatoms. The first kappa shape index (κ1) is 15.7. The normalized spacial score (nSPS) is 10.9. The SMILES string of the molecule is CSc1ccc(Oc2ccc(N)cc2CN(C)C)cc1C. The van der Waals surface area contributed by atoms with Gasteiger partial charge in [-0.1, -0.05) is 0 Å². The molecule has 3 nitrogen and oxygen atoms in total. The lowest BCUT2D eigenvalue weighted by Gasteiger charge is -2.16. The van der Waals surface area contributed by atoms with E-state index in [1.807, 2.05) is 38.4 Å². The second-order valence-electron chi connectivity index (χ2n) is 5.34. The van der Waals surface area contributed by atoms with E-state index >= 15 is 0 Å². The van der Waals surface area contributed by atoms with E-state index in [0.29, 0.717) is 0 Å². The van der Waals surface area contributed by atoms with Gasteiger partial charge in [-0.15, -0.1) is 11.8 Å². The summed E-state index contributed by atoms with van der Waals surface area (Å²) in [5.41, 5.74) is 8.96. The van der Waals surface area contributed by atoms with Gasteiger partial charge in [0.05, 0.1) is 0 Å². The Balaban J connectivity index is 2.28. The average molecular weight is 302 g/mol. The fraction of sp³-hybridized carbons (Fsp3) is 0.294. The molecule has 0 atom stereocenters. The number of thioether (sulfide) groups is 1. The van der Waals surface area contributed by atoms with Crippen molar-refractivity contribution in [3.05, 3.63) is 47.5 Å². The van der Waals surface area contributed by atoms with Gasteiger partial charge in [-0.25, -0.2) is 0 Å². The Morgan fingerprint density at radius 3 is 2.52 bits per heavy atom. The molecule has 0 aromatic heterocycles. The zero-order chi connectivity index (χ0) is 15.4. The van der Waals surface area contributed by atoms with Crippen LogP contribution in [-0.2, 0) is 6.54 Å². The van der Waals surface area contributed by atoms with Crippen molar-refractivity contribution in [3.63, 3.8) is 0 Å². The maximum atomic E-state index is 6.05. The van der Waals surface area contributed by atoms with Crippen LogP contribution in [0.1, 0.15) is 11.1 Å². The smallest absolute Gasteiger partial charge is 0.132 e. The van der Waals surface area contributed by atoms with Gasteiger partial charge in [0.1, 0.15) is 11.5 Å². The minimum Gasteiger partial charge on any atom is -0.457 e. The van der Waals surface area contributed by atoms with Crippen LogP contribution in [0.3, 0.4) is 0 Å². The van der Waals surface area contributed by atoms with Gasteiger partial charge in [-0.2, -0.15) is 0 Å². The standard InChI is InChI=1S/C17H22N2OS/c1-12-9-15(6-8-17(12)21-4)20-16-7-5-14(18)10-13(16)11-19(2)3/h5-10H,11,18H2,1-4H3. The van der Waals surface area contributed by atoms with E-state index in [4.69, 9.17) is 10.5 Å². The summed E-state index contributed by atoms with van der Waals surface area (Å²) in [6.45, 7) is 2.89. The minimum absolute atomic E-state index is 0.758. The van der Waals surface area contributed by atoms with E-state index < -0.39 is 0 Å². The van der Waals surface area contributed by atoms with Gasteiger partial charge in [-0.05, 0) is 69.2 Å². The summed E-state index contributed by atoms with van der Waals surface area (Å²) in [5.74, 6) is 1.71. The molecule has 0 spiro atoms. The van der Waals surface area contributed by atoms with Crippen molar-refractivity contribution in [2.45, 2.75) is 18.4 Å². The van der Waals surface area contributed by atoms with Gasteiger partial charge in [0, 0.05) is 22.7 Å². The maximum absolute atomic E-state index is 6.05. The summed E-state index contributed by atoms with van der Waals surface area (Å²) in [6, 6.07) is 12.0. The molecule has 21 heavy (non-hydrogen) atoms. The van der Waals surface area contributed by atoms with Crippen molar-refractivity contribution < 1.29 is 4.74 Å². The fourth-order valence-electron chi connectivity index (χ4n) is 2.20. The lowest BCUT2D eigenvalue weighted by atomic mass is 10.1. The summed E-state index contributed by atoms with van der Waals surface area (Å²) in [7, 11) is 4.06. The highest BCUT2D eigenvalue weighted by atomic mass is 32.2. The quantitative estimate of drug-likeness (QED) is 0.665. The number of hydrogen-bond donors (Lipinski definition) is 1. The zero-order valence-corrected chi connectivity index (χ0v) is 13.8. The second-order valence-corrected chi connectivity index (χ2v) is 6.19. The largest absolute Gasteiger partial charge is 0.457 e. The molecule has 2 N–H and O–H groups in total. The Hall–Kier alpha value is -1.65. The van der Waals surface area contributed by atoms with Gasteiger partial charge in [0.2, 0.25) is 0 Å². The first-order chi connectivity index (χ1) is 9.99. The summed E-state index contributed by atoms with van der Waals surface area (Å²) in [5, 5.41) is 0. The highest BCUT2D eigenvalue weighted by molar-refractivity contribution is 7.98. The van der Waals surface area contributed by atoms with Crippen LogP contribution >= 0.6 is 11.8 Å². The van der Waals surface area contributed by atoms with Gasteiger partial charge >= 0.3 is 0 Å². The minimum atomic E-state index is 0.758. The lowest BCUT2D eigenvalue weighted by Crippen LogP contribution is -2.11. The van der Waals surface area contributed by atoms with Gasteiger partial charge in [0.15, 0.2) is 0 Å². The first-order valence-electron chi connectivity index (χ1n) is 6.85. The van der Waals surface area contributed by atoms with E-state index in [2.05, 4.69) is 30.2 Å². The summed E-state index contributed by atoms with van der Waals surface area (Å²) < 4.78 is 6.05. The van der Waals surface area contributed by atoms with Crippen LogP contribution in [0.2, 0.25) is 0 Å². The Bertz CT molecular complexity index is 626. The maximum Gasteiger partial charge on any atom is 0.132 e. The zero-order valence-electron chi connectivity index (χ0n) is 13.0. The number of ether oxygens (including phenoxy) is 1. The third kappa shape index (κ3) is 4.16. The van der Waals surface area contributed by atoms with Gasteiger partial charge in [-0.3, -0.25) is 0 Å². The molecule has 2 aromatic carbocycles. The van der Waals surface area contributed by atoms with E-state index in [1.165, 1.54) is 10.5 Å².